The molecule has 3 fully saturated rings. The molecule has 0 bridgehead atoms. The molecule has 1 saturated carbocycles. The third kappa shape index (κ3) is 6.13. The average Bonchev–Trinajstić information content (AvgIpc) is 3.43. The molecule has 4 atom stereocenters. The van der Waals surface area contributed by atoms with Gasteiger partial charge in [-0.1, -0.05) is 40.7 Å². The number of likely N-dealkylation sites (N-methyl/N-ethyl adjacent to an activating group) is 1. The predicted octanol–water partition coefficient (Wildman–Crippen LogP) is 3.91. The quantitative estimate of drug-likeness (QED) is 0.607. The van der Waals surface area contributed by atoms with Gasteiger partial charge in [0.1, 0.15) is 17.7 Å². The molecule has 2 heterocycles. The van der Waals surface area contributed by atoms with Crippen LogP contribution < -0.4 is 5.73 Å². The molecule has 0 aromatic heterocycles. The molecule has 0 radical (unpaired) electrons. The Morgan fingerprint density at radius 3 is 2.23 bits per heavy atom. The van der Waals surface area contributed by atoms with Gasteiger partial charge < -0.3 is 20.4 Å². The van der Waals surface area contributed by atoms with Crippen molar-refractivity contribution in [3.8, 4) is 0 Å². The van der Waals surface area contributed by atoms with E-state index in [1.165, 1.54) is 17.0 Å². The molecular weight excluding hydrogens is 502 g/mol. The van der Waals surface area contributed by atoms with Gasteiger partial charge >= 0.3 is 0 Å². The van der Waals surface area contributed by atoms with Gasteiger partial charge in [-0.15, -0.1) is 0 Å². The van der Waals surface area contributed by atoms with Crippen LogP contribution in [-0.4, -0.2) is 77.2 Å². The summed E-state index contributed by atoms with van der Waals surface area (Å²) in [5, 5.41) is 0. The number of hydrogen-bond donors (Lipinski definition) is 1. The zero-order chi connectivity index (χ0) is 28.9. The first kappa shape index (κ1) is 29.4. The third-order valence-electron chi connectivity index (χ3n) is 9.04. The molecule has 4 rings (SSSR count). The van der Waals surface area contributed by atoms with Crippen molar-refractivity contribution >= 4 is 17.7 Å². The fourth-order valence-corrected chi connectivity index (χ4v) is 6.79. The molecule has 9 heteroatoms. The summed E-state index contributed by atoms with van der Waals surface area (Å²) in [7, 11) is 1.86. The van der Waals surface area contributed by atoms with Crippen LogP contribution in [0.4, 0.5) is 8.78 Å². The number of rotatable bonds is 5. The van der Waals surface area contributed by atoms with Crippen molar-refractivity contribution < 1.29 is 23.2 Å². The van der Waals surface area contributed by atoms with Gasteiger partial charge in [0.05, 0.1) is 12.0 Å². The Morgan fingerprint density at radius 1 is 1.03 bits per heavy atom. The first-order valence-electron chi connectivity index (χ1n) is 14.1. The monoisotopic (exact) mass is 546 g/mol. The van der Waals surface area contributed by atoms with Crippen molar-refractivity contribution in [1.29, 1.82) is 0 Å². The van der Waals surface area contributed by atoms with Crippen molar-refractivity contribution in [2.45, 2.75) is 90.8 Å². The summed E-state index contributed by atoms with van der Waals surface area (Å²) in [4.78, 5) is 45.9. The number of carbonyl (C=O) groups is 3. The van der Waals surface area contributed by atoms with Gasteiger partial charge in [-0.3, -0.25) is 14.4 Å². The molecule has 1 unspecified atom stereocenters. The zero-order valence-electron chi connectivity index (χ0n) is 24.2. The van der Waals surface area contributed by atoms with E-state index in [2.05, 4.69) is 13.8 Å². The van der Waals surface area contributed by atoms with Crippen LogP contribution in [0.15, 0.2) is 18.2 Å². The van der Waals surface area contributed by atoms with Crippen LogP contribution in [-0.2, 0) is 14.4 Å². The van der Waals surface area contributed by atoms with Crippen LogP contribution in [0.25, 0.3) is 0 Å². The normalized spacial score (nSPS) is 28.1. The number of halogens is 2. The maximum Gasteiger partial charge on any atom is 0.240 e. The molecule has 2 N–H and O–H groups in total. The molecular formula is C30H44F2N4O3. The molecule has 1 aromatic rings. The Bertz CT molecular complexity index is 1110. The smallest absolute Gasteiger partial charge is 0.240 e. The second-order valence-corrected chi connectivity index (χ2v) is 13.8. The van der Waals surface area contributed by atoms with Gasteiger partial charge in [0.2, 0.25) is 17.7 Å². The van der Waals surface area contributed by atoms with Crippen molar-refractivity contribution in [1.82, 2.24) is 14.7 Å². The van der Waals surface area contributed by atoms with E-state index in [0.717, 1.165) is 31.7 Å². The summed E-state index contributed by atoms with van der Waals surface area (Å²) in [5.41, 5.74) is 5.72. The number of primary amides is 1. The van der Waals surface area contributed by atoms with E-state index in [1.54, 1.807) is 0 Å². The molecule has 7 nitrogen and oxygen atoms in total. The summed E-state index contributed by atoms with van der Waals surface area (Å²) >= 11 is 0. The molecule has 1 aliphatic carbocycles. The molecule has 216 valence electrons. The van der Waals surface area contributed by atoms with Gasteiger partial charge in [-0.05, 0) is 56.2 Å². The Kier molecular flexibility index (Phi) is 8.14. The summed E-state index contributed by atoms with van der Waals surface area (Å²) in [5.74, 6) is -3.30. The van der Waals surface area contributed by atoms with Crippen LogP contribution in [0, 0.1) is 28.4 Å². The van der Waals surface area contributed by atoms with E-state index in [9.17, 15) is 23.2 Å². The lowest BCUT2D eigenvalue weighted by atomic mass is 9.74. The van der Waals surface area contributed by atoms with Gasteiger partial charge in [0.15, 0.2) is 0 Å². The standard InChI is InChI=1S/C30H44F2N4O3/c1-29(2,3)28(39)36(19-9-11-30(4,5)12-10-19)20-14-25(26(33)37)35(15-20)27(38)23-17-34(6)16-22(23)21-8-7-18(31)13-24(21)32/h7-8,13,19-20,22-23,25H,9-12,14-17H2,1-6H3,(H2,33,37)/t20-,22-,23?,25-/m0/s1. The third-order valence-corrected chi connectivity index (χ3v) is 9.04. The zero-order valence-corrected chi connectivity index (χ0v) is 24.2. The van der Waals surface area contributed by atoms with Crippen LogP contribution >= 0.6 is 0 Å². The maximum atomic E-state index is 14.8. The minimum atomic E-state index is -0.845. The van der Waals surface area contributed by atoms with E-state index < -0.39 is 40.8 Å². The fourth-order valence-electron chi connectivity index (χ4n) is 6.79. The number of amides is 3. The lowest BCUT2D eigenvalue weighted by Crippen LogP contribution is -2.54. The van der Waals surface area contributed by atoms with Gasteiger partial charge in [0.25, 0.3) is 0 Å². The Morgan fingerprint density at radius 2 is 1.67 bits per heavy atom. The van der Waals surface area contributed by atoms with E-state index in [1.807, 2.05) is 37.6 Å². The number of nitrogens with two attached hydrogens (primary N) is 1. The number of benzene rings is 1. The minimum Gasteiger partial charge on any atom is -0.368 e. The average molecular weight is 547 g/mol. The van der Waals surface area contributed by atoms with E-state index in [0.29, 0.717) is 25.1 Å². The van der Waals surface area contributed by atoms with Crippen molar-refractivity contribution in [2.24, 2.45) is 22.5 Å². The highest BCUT2D eigenvalue weighted by molar-refractivity contribution is 5.90. The van der Waals surface area contributed by atoms with E-state index in [-0.39, 0.29) is 35.9 Å². The molecule has 2 aliphatic heterocycles. The largest absolute Gasteiger partial charge is 0.368 e. The van der Waals surface area contributed by atoms with Crippen molar-refractivity contribution in [2.75, 3.05) is 26.7 Å². The van der Waals surface area contributed by atoms with Crippen molar-refractivity contribution in [3.63, 3.8) is 0 Å². The minimum absolute atomic E-state index is 0.0154. The first-order chi connectivity index (χ1) is 18.1. The van der Waals surface area contributed by atoms with Gasteiger partial charge in [-0.2, -0.15) is 0 Å². The molecule has 2 saturated heterocycles. The maximum absolute atomic E-state index is 14.8. The molecule has 3 aliphatic rings. The fraction of sp³-hybridized carbons (Fsp3) is 0.700. The predicted molar refractivity (Wildman–Crippen MR) is 146 cm³/mol. The Labute approximate surface area is 231 Å². The van der Waals surface area contributed by atoms with Gasteiger partial charge in [-0.25, -0.2) is 8.78 Å². The number of carbonyl (C=O) groups excluding carboxylic acids is 3. The van der Waals surface area contributed by atoms with Crippen LogP contribution in [0.5, 0.6) is 0 Å². The highest BCUT2D eigenvalue weighted by Gasteiger charge is 2.50. The SMILES string of the molecule is CN1CC(C(=O)N2C[C@@H](N(C(=O)C(C)(C)C)C3CCC(C)(C)CC3)C[C@H]2C(N)=O)[C@H](c2ccc(F)cc2F)C1. The molecule has 1 aromatic carbocycles. The van der Waals surface area contributed by atoms with Crippen molar-refractivity contribution in [3.05, 3.63) is 35.4 Å². The summed E-state index contributed by atoms with van der Waals surface area (Å²) in [6.45, 7) is 11.2. The summed E-state index contributed by atoms with van der Waals surface area (Å²) in [6, 6.07) is 2.32. The summed E-state index contributed by atoms with van der Waals surface area (Å²) < 4.78 is 28.4. The van der Waals surface area contributed by atoms with Crippen LogP contribution in [0.2, 0.25) is 0 Å². The van der Waals surface area contributed by atoms with Gasteiger partial charge in [0, 0.05) is 43.1 Å². The second kappa shape index (κ2) is 10.8. The lowest BCUT2D eigenvalue weighted by molar-refractivity contribution is -0.147. The van der Waals surface area contributed by atoms with Crippen LogP contribution in [0.3, 0.4) is 0 Å². The highest BCUT2D eigenvalue weighted by Crippen LogP contribution is 2.41. The number of nitrogens with zero attached hydrogens (tertiary/aromatic N) is 3. The molecule has 3 amide bonds. The van der Waals surface area contributed by atoms with Crippen LogP contribution in [0.1, 0.15) is 78.2 Å². The number of likely N-dealkylation sites (tertiary alicyclic amines) is 2. The topological polar surface area (TPSA) is 87.0 Å². The lowest BCUT2D eigenvalue weighted by Gasteiger charge is -2.45. The first-order valence-corrected chi connectivity index (χ1v) is 14.1. The Hall–Kier alpha value is -2.55. The number of hydrogen-bond acceptors (Lipinski definition) is 4. The molecule has 39 heavy (non-hydrogen) atoms. The molecule has 0 spiro atoms. The van der Waals surface area contributed by atoms with E-state index >= 15 is 0 Å². The van der Waals surface area contributed by atoms with E-state index in [4.69, 9.17) is 5.73 Å². The highest BCUT2D eigenvalue weighted by atomic mass is 19.1. The Balaban J connectivity index is 1.62. The second-order valence-electron chi connectivity index (χ2n) is 13.8. The summed E-state index contributed by atoms with van der Waals surface area (Å²) in [6.07, 6.45) is 4.04.